The molecule has 0 saturated carbocycles. The zero-order chi connectivity index (χ0) is 23.4. The van der Waals surface area contributed by atoms with Crippen LogP contribution < -0.4 is 9.80 Å². The van der Waals surface area contributed by atoms with Gasteiger partial charge >= 0.3 is 5.97 Å². The average Bonchev–Trinajstić information content (AvgIpc) is 2.84. The van der Waals surface area contributed by atoms with Gasteiger partial charge in [-0.2, -0.15) is 0 Å². The fourth-order valence-corrected chi connectivity index (χ4v) is 4.04. The van der Waals surface area contributed by atoms with Gasteiger partial charge in [-0.1, -0.05) is 12.1 Å². The van der Waals surface area contributed by atoms with Crippen LogP contribution in [-0.4, -0.2) is 59.0 Å². The van der Waals surface area contributed by atoms with E-state index >= 15 is 0 Å². The first-order valence-electron chi connectivity index (χ1n) is 11.2. The molecule has 0 bridgehead atoms. The SMILES string of the molecule is CCc1cnc(N2CCC(ON=C3CCN(c4cc(F)c(C(=O)O)cc4F)CC3)CC2)nc1. The molecule has 3 heterocycles. The Hall–Kier alpha value is -3.30. The minimum absolute atomic E-state index is 0.0248. The van der Waals surface area contributed by atoms with Gasteiger partial charge in [0.1, 0.15) is 17.7 Å². The van der Waals surface area contributed by atoms with Crippen molar-refractivity contribution >= 4 is 23.3 Å². The number of rotatable bonds is 6. The Morgan fingerprint density at radius 1 is 1.09 bits per heavy atom. The molecule has 0 unspecified atom stereocenters. The molecule has 4 rings (SSSR count). The number of nitrogens with zero attached hydrogens (tertiary/aromatic N) is 5. The lowest BCUT2D eigenvalue weighted by molar-refractivity contribution is 0.0409. The second-order valence-corrected chi connectivity index (χ2v) is 8.27. The topological polar surface area (TPSA) is 91.2 Å². The van der Waals surface area contributed by atoms with Crippen LogP contribution in [0, 0.1) is 11.6 Å². The van der Waals surface area contributed by atoms with Gasteiger partial charge in [0.15, 0.2) is 0 Å². The largest absolute Gasteiger partial charge is 0.478 e. The van der Waals surface area contributed by atoms with E-state index in [1.807, 2.05) is 12.4 Å². The van der Waals surface area contributed by atoms with Crippen LogP contribution >= 0.6 is 0 Å². The summed E-state index contributed by atoms with van der Waals surface area (Å²) in [4.78, 5) is 29.5. The van der Waals surface area contributed by atoms with Gasteiger partial charge in [-0.05, 0) is 18.1 Å². The van der Waals surface area contributed by atoms with Gasteiger partial charge in [0, 0.05) is 70.3 Å². The van der Waals surface area contributed by atoms with Crippen molar-refractivity contribution in [3.8, 4) is 0 Å². The summed E-state index contributed by atoms with van der Waals surface area (Å²) < 4.78 is 28.3. The highest BCUT2D eigenvalue weighted by atomic mass is 19.1. The van der Waals surface area contributed by atoms with E-state index in [9.17, 15) is 13.6 Å². The number of aryl methyl sites for hydroxylation is 1. The van der Waals surface area contributed by atoms with Crippen molar-refractivity contribution in [2.75, 3.05) is 36.0 Å². The van der Waals surface area contributed by atoms with Crippen molar-refractivity contribution in [1.29, 1.82) is 0 Å². The molecule has 0 atom stereocenters. The molecule has 2 fully saturated rings. The number of carboxylic acid groups (broad SMARTS) is 1. The summed E-state index contributed by atoms with van der Waals surface area (Å²) in [5.41, 5.74) is 1.40. The van der Waals surface area contributed by atoms with Gasteiger partial charge in [0.2, 0.25) is 5.95 Å². The molecule has 0 spiro atoms. The summed E-state index contributed by atoms with van der Waals surface area (Å²) in [6.07, 6.45) is 7.45. The van der Waals surface area contributed by atoms with Crippen molar-refractivity contribution in [2.45, 2.75) is 45.1 Å². The summed E-state index contributed by atoms with van der Waals surface area (Å²) in [5, 5.41) is 13.3. The number of aromatic nitrogens is 2. The summed E-state index contributed by atoms with van der Waals surface area (Å²) in [7, 11) is 0. The predicted octanol–water partition coefficient (Wildman–Crippen LogP) is 3.66. The highest BCUT2D eigenvalue weighted by Gasteiger charge is 2.24. The van der Waals surface area contributed by atoms with Gasteiger partial charge in [0.25, 0.3) is 0 Å². The summed E-state index contributed by atoms with van der Waals surface area (Å²) in [6, 6.07) is 1.68. The quantitative estimate of drug-likeness (QED) is 0.660. The zero-order valence-electron chi connectivity index (χ0n) is 18.5. The second kappa shape index (κ2) is 10.1. The van der Waals surface area contributed by atoms with Crippen LogP contribution in [0.1, 0.15) is 48.5 Å². The fourth-order valence-electron chi connectivity index (χ4n) is 4.04. The first kappa shape index (κ1) is 22.9. The molecular formula is C23H27F2N5O3. The normalized spacial score (nSPS) is 17.2. The van der Waals surface area contributed by atoms with Crippen LogP contribution in [0.25, 0.3) is 0 Å². The smallest absolute Gasteiger partial charge is 0.338 e. The second-order valence-electron chi connectivity index (χ2n) is 8.27. The molecule has 0 amide bonds. The number of carbonyl (C=O) groups is 1. The maximum Gasteiger partial charge on any atom is 0.338 e. The molecule has 1 aromatic heterocycles. The number of piperidine rings is 2. The monoisotopic (exact) mass is 459 g/mol. The lowest BCUT2D eigenvalue weighted by Gasteiger charge is -2.32. The number of carboxylic acids is 1. The molecule has 2 saturated heterocycles. The number of oxime groups is 1. The third kappa shape index (κ3) is 5.37. The van der Waals surface area contributed by atoms with E-state index in [0.717, 1.165) is 61.7 Å². The number of anilines is 2. The molecule has 176 valence electrons. The molecule has 33 heavy (non-hydrogen) atoms. The molecule has 2 aromatic rings. The van der Waals surface area contributed by atoms with E-state index < -0.39 is 23.2 Å². The zero-order valence-corrected chi connectivity index (χ0v) is 18.5. The molecule has 2 aliphatic heterocycles. The Bertz CT molecular complexity index is 1010. The van der Waals surface area contributed by atoms with Crippen LogP contribution in [0.4, 0.5) is 20.4 Å². The predicted molar refractivity (Wildman–Crippen MR) is 120 cm³/mol. The van der Waals surface area contributed by atoms with Crippen molar-refractivity contribution in [3.63, 3.8) is 0 Å². The van der Waals surface area contributed by atoms with Gasteiger partial charge in [-0.3, -0.25) is 0 Å². The van der Waals surface area contributed by atoms with Crippen molar-refractivity contribution in [2.24, 2.45) is 5.16 Å². The minimum atomic E-state index is -1.49. The van der Waals surface area contributed by atoms with Crippen molar-refractivity contribution < 1.29 is 23.5 Å². The average molecular weight is 459 g/mol. The first-order valence-corrected chi connectivity index (χ1v) is 11.2. The van der Waals surface area contributed by atoms with Gasteiger partial charge in [0.05, 0.1) is 17.0 Å². The van der Waals surface area contributed by atoms with Crippen molar-refractivity contribution in [1.82, 2.24) is 9.97 Å². The van der Waals surface area contributed by atoms with E-state index in [-0.39, 0.29) is 11.8 Å². The molecule has 10 heteroatoms. The molecule has 0 radical (unpaired) electrons. The Labute approximate surface area is 190 Å². The molecule has 0 aliphatic carbocycles. The van der Waals surface area contributed by atoms with Gasteiger partial charge < -0.3 is 19.7 Å². The summed E-state index contributed by atoms with van der Waals surface area (Å²) >= 11 is 0. The number of halogens is 2. The number of hydrogen-bond donors (Lipinski definition) is 1. The lowest BCUT2D eigenvalue weighted by Crippen LogP contribution is -2.38. The number of hydrogen-bond acceptors (Lipinski definition) is 7. The molecular weight excluding hydrogens is 432 g/mol. The molecule has 2 aliphatic rings. The van der Waals surface area contributed by atoms with E-state index in [1.165, 1.54) is 0 Å². The fraction of sp³-hybridized carbons (Fsp3) is 0.478. The van der Waals surface area contributed by atoms with Gasteiger partial charge in [-0.15, -0.1) is 0 Å². The van der Waals surface area contributed by atoms with E-state index in [1.54, 1.807) is 4.90 Å². The Morgan fingerprint density at radius 2 is 1.76 bits per heavy atom. The summed E-state index contributed by atoms with van der Waals surface area (Å²) in [6.45, 7) is 4.57. The van der Waals surface area contributed by atoms with Gasteiger partial charge in [-0.25, -0.2) is 23.5 Å². The highest BCUT2D eigenvalue weighted by molar-refractivity contribution is 5.89. The minimum Gasteiger partial charge on any atom is -0.478 e. The molecule has 1 N–H and O–H groups in total. The van der Waals surface area contributed by atoms with Crippen LogP contribution in [-0.2, 0) is 11.3 Å². The lowest BCUT2D eigenvalue weighted by atomic mass is 10.1. The third-order valence-electron chi connectivity index (χ3n) is 6.10. The van der Waals surface area contributed by atoms with Crippen LogP contribution in [0.15, 0.2) is 29.7 Å². The maximum atomic E-state index is 14.3. The standard InChI is InChI=1S/C23H27F2N5O3/c1-2-15-13-26-23(27-14-15)30-9-5-17(6-10-30)33-28-16-3-7-29(8-4-16)21-12-19(24)18(22(31)32)11-20(21)25/h11-14,17H,2-10H2,1H3,(H,31,32). The third-order valence-corrected chi connectivity index (χ3v) is 6.10. The van der Waals surface area contributed by atoms with Crippen molar-refractivity contribution in [3.05, 3.63) is 47.3 Å². The number of aromatic carboxylic acids is 1. The maximum absolute atomic E-state index is 14.3. The van der Waals surface area contributed by atoms with E-state index in [0.29, 0.717) is 25.9 Å². The highest BCUT2D eigenvalue weighted by Crippen LogP contribution is 2.26. The van der Waals surface area contributed by atoms with Crippen LogP contribution in [0.3, 0.4) is 0 Å². The summed E-state index contributed by atoms with van der Waals surface area (Å²) in [5.74, 6) is -2.44. The molecule has 8 nitrogen and oxygen atoms in total. The van der Waals surface area contributed by atoms with Crippen LogP contribution in [0.5, 0.6) is 0 Å². The molecule has 1 aromatic carbocycles. The Balaban J connectivity index is 1.26. The Kier molecular flexibility index (Phi) is 7.00. The number of benzene rings is 1. The van der Waals surface area contributed by atoms with E-state index in [4.69, 9.17) is 9.94 Å². The first-order chi connectivity index (χ1) is 15.9. The van der Waals surface area contributed by atoms with Crippen LogP contribution in [0.2, 0.25) is 0 Å². The Morgan fingerprint density at radius 3 is 2.36 bits per heavy atom. The van der Waals surface area contributed by atoms with E-state index in [2.05, 4.69) is 26.9 Å².